The molecule has 0 atom stereocenters. The largest absolute Gasteiger partial charge is 0.307 e. The lowest BCUT2D eigenvalue weighted by atomic mass is 10.2. The van der Waals surface area contributed by atoms with Crippen LogP contribution >= 0.6 is 34.8 Å². The van der Waals surface area contributed by atoms with Crippen LogP contribution in [0.3, 0.4) is 0 Å². The zero-order valence-electron chi connectivity index (χ0n) is 15.2. The molecule has 0 unspecified atom stereocenters. The molecule has 0 bridgehead atoms. The SMILES string of the molecule is N=c1n(Cc2ccc(Cl)c(Cl)c2)c(=O)c2ccccc2n1Cc1ccc(Cl)cc1. The van der Waals surface area contributed by atoms with E-state index in [-0.39, 0.29) is 17.7 Å². The van der Waals surface area contributed by atoms with Gasteiger partial charge in [-0.05, 0) is 47.5 Å². The highest BCUT2D eigenvalue weighted by molar-refractivity contribution is 6.42. The highest BCUT2D eigenvalue weighted by Gasteiger charge is 2.12. The number of benzene rings is 3. The quantitative estimate of drug-likeness (QED) is 0.454. The van der Waals surface area contributed by atoms with Crippen LogP contribution in [0, 0.1) is 5.41 Å². The zero-order valence-corrected chi connectivity index (χ0v) is 17.5. The van der Waals surface area contributed by atoms with E-state index < -0.39 is 0 Å². The molecule has 0 amide bonds. The first-order valence-corrected chi connectivity index (χ1v) is 10.0. The van der Waals surface area contributed by atoms with Crippen LogP contribution in [0.2, 0.25) is 15.1 Å². The van der Waals surface area contributed by atoms with Gasteiger partial charge in [0, 0.05) is 5.02 Å². The van der Waals surface area contributed by atoms with Crippen molar-refractivity contribution in [2.75, 3.05) is 0 Å². The lowest BCUT2D eigenvalue weighted by Gasteiger charge is -2.16. The Morgan fingerprint density at radius 2 is 1.41 bits per heavy atom. The van der Waals surface area contributed by atoms with Gasteiger partial charge in [0.15, 0.2) is 0 Å². The Morgan fingerprint density at radius 3 is 2.14 bits per heavy atom. The molecule has 1 N–H and O–H groups in total. The van der Waals surface area contributed by atoms with Gasteiger partial charge in [-0.15, -0.1) is 0 Å². The Labute approximate surface area is 182 Å². The number of halogens is 3. The van der Waals surface area contributed by atoms with Crippen molar-refractivity contribution in [3.8, 4) is 0 Å². The van der Waals surface area contributed by atoms with Gasteiger partial charge in [0.2, 0.25) is 5.62 Å². The molecule has 1 aromatic heterocycles. The standard InChI is InChI=1S/C22H16Cl3N3O/c23-16-8-5-14(6-9-16)12-27-20-4-2-1-3-17(20)21(29)28(22(27)26)13-15-7-10-18(24)19(25)11-15/h1-11,26H,12-13H2. The Hall–Kier alpha value is -2.53. The minimum atomic E-state index is -0.218. The van der Waals surface area contributed by atoms with E-state index in [0.29, 0.717) is 32.5 Å². The number of nitrogens with zero attached hydrogens (tertiary/aromatic N) is 2. The topological polar surface area (TPSA) is 50.8 Å². The highest BCUT2D eigenvalue weighted by atomic mass is 35.5. The molecule has 4 nitrogen and oxygen atoms in total. The van der Waals surface area contributed by atoms with Crippen molar-refractivity contribution in [2.24, 2.45) is 0 Å². The number of fused-ring (bicyclic) bond motifs is 1. The molecule has 0 aliphatic carbocycles. The first-order valence-electron chi connectivity index (χ1n) is 8.89. The molecule has 0 fully saturated rings. The Bertz CT molecular complexity index is 1320. The number of hydrogen-bond acceptors (Lipinski definition) is 2. The molecule has 0 aliphatic heterocycles. The van der Waals surface area contributed by atoms with Crippen molar-refractivity contribution in [2.45, 2.75) is 13.1 Å². The molecule has 3 aromatic carbocycles. The van der Waals surface area contributed by atoms with E-state index in [1.807, 2.05) is 47.0 Å². The highest BCUT2D eigenvalue weighted by Crippen LogP contribution is 2.23. The molecular formula is C22H16Cl3N3O. The van der Waals surface area contributed by atoms with E-state index in [1.54, 1.807) is 24.3 Å². The lowest BCUT2D eigenvalue weighted by molar-refractivity contribution is 0.603. The summed E-state index contributed by atoms with van der Waals surface area (Å²) in [5.74, 6) is 0. The third-order valence-electron chi connectivity index (χ3n) is 4.76. The van der Waals surface area contributed by atoms with E-state index in [4.69, 9.17) is 40.2 Å². The van der Waals surface area contributed by atoms with Crippen LogP contribution in [0.15, 0.2) is 71.5 Å². The van der Waals surface area contributed by atoms with Gasteiger partial charge in [-0.25, -0.2) is 0 Å². The molecule has 0 spiro atoms. The molecule has 4 rings (SSSR count). The summed E-state index contributed by atoms with van der Waals surface area (Å²) in [6, 6.07) is 20.0. The van der Waals surface area contributed by atoms with Crippen molar-refractivity contribution in [3.05, 3.63) is 109 Å². The maximum atomic E-state index is 13.1. The van der Waals surface area contributed by atoms with Gasteiger partial charge >= 0.3 is 0 Å². The zero-order chi connectivity index (χ0) is 20.5. The smallest absolute Gasteiger partial charge is 0.263 e. The van der Waals surface area contributed by atoms with Gasteiger partial charge in [-0.1, -0.05) is 65.1 Å². The monoisotopic (exact) mass is 443 g/mol. The minimum Gasteiger partial charge on any atom is -0.307 e. The van der Waals surface area contributed by atoms with E-state index in [9.17, 15) is 4.79 Å². The fraction of sp³-hybridized carbons (Fsp3) is 0.0909. The Kier molecular flexibility index (Phi) is 5.50. The van der Waals surface area contributed by atoms with E-state index >= 15 is 0 Å². The lowest BCUT2D eigenvalue weighted by Crippen LogP contribution is -2.40. The van der Waals surface area contributed by atoms with Crippen molar-refractivity contribution >= 4 is 45.7 Å². The Morgan fingerprint density at radius 1 is 0.759 bits per heavy atom. The van der Waals surface area contributed by atoms with Crippen molar-refractivity contribution in [1.82, 2.24) is 9.13 Å². The van der Waals surface area contributed by atoms with E-state index in [1.165, 1.54) is 4.57 Å². The van der Waals surface area contributed by atoms with Gasteiger partial charge < -0.3 is 4.57 Å². The third-order valence-corrected chi connectivity index (χ3v) is 5.75. The molecule has 7 heteroatoms. The molecule has 146 valence electrons. The molecule has 1 heterocycles. The average Bonchev–Trinajstić information content (AvgIpc) is 2.72. The van der Waals surface area contributed by atoms with Crippen molar-refractivity contribution in [3.63, 3.8) is 0 Å². The molecule has 0 aliphatic rings. The summed E-state index contributed by atoms with van der Waals surface area (Å²) >= 11 is 18.1. The number of nitrogens with one attached hydrogen (secondary N) is 1. The fourth-order valence-corrected chi connectivity index (χ4v) is 3.74. The molecular weight excluding hydrogens is 429 g/mol. The molecule has 0 saturated heterocycles. The second-order valence-electron chi connectivity index (χ2n) is 6.69. The first kappa shape index (κ1) is 19.8. The van der Waals surface area contributed by atoms with Gasteiger partial charge in [0.25, 0.3) is 5.56 Å². The molecule has 0 saturated carbocycles. The van der Waals surface area contributed by atoms with Gasteiger partial charge in [0.05, 0.1) is 34.0 Å². The van der Waals surface area contributed by atoms with Crippen LogP contribution in [-0.2, 0) is 13.1 Å². The van der Waals surface area contributed by atoms with E-state index in [2.05, 4.69) is 0 Å². The minimum absolute atomic E-state index is 0.106. The van der Waals surface area contributed by atoms with Gasteiger partial charge in [-0.3, -0.25) is 14.8 Å². The summed E-state index contributed by atoms with van der Waals surface area (Å²) in [4.78, 5) is 13.1. The Balaban J connectivity index is 1.88. The maximum absolute atomic E-state index is 13.1. The summed E-state index contributed by atoms with van der Waals surface area (Å²) in [5.41, 5.74) is 2.38. The second kappa shape index (κ2) is 8.07. The number of hydrogen-bond donors (Lipinski definition) is 1. The molecule has 4 aromatic rings. The van der Waals surface area contributed by atoms with Crippen LogP contribution in [0.4, 0.5) is 0 Å². The van der Waals surface area contributed by atoms with Crippen LogP contribution in [-0.4, -0.2) is 9.13 Å². The molecule has 0 radical (unpaired) electrons. The van der Waals surface area contributed by atoms with Gasteiger partial charge in [-0.2, -0.15) is 0 Å². The summed E-state index contributed by atoms with van der Waals surface area (Å²) in [7, 11) is 0. The van der Waals surface area contributed by atoms with Crippen LogP contribution in [0.1, 0.15) is 11.1 Å². The summed E-state index contributed by atoms with van der Waals surface area (Å²) < 4.78 is 3.26. The predicted molar refractivity (Wildman–Crippen MR) is 118 cm³/mol. The second-order valence-corrected chi connectivity index (χ2v) is 7.94. The maximum Gasteiger partial charge on any atom is 0.263 e. The number of rotatable bonds is 4. The summed E-state index contributed by atoms with van der Waals surface area (Å²) in [5, 5.41) is 10.8. The number of para-hydroxylation sites is 1. The summed E-state index contributed by atoms with van der Waals surface area (Å²) in [6.07, 6.45) is 0. The van der Waals surface area contributed by atoms with Crippen LogP contribution in [0.5, 0.6) is 0 Å². The molecule has 29 heavy (non-hydrogen) atoms. The average molecular weight is 445 g/mol. The number of aromatic nitrogens is 2. The van der Waals surface area contributed by atoms with Gasteiger partial charge in [0.1, 0.15) is 0 Å². The fourth-order valence-electron chi connectivity index (χ4n) is 3.29. The van der Waals surface area contributed by atoms with Crippen molar-refractivity contribution < 1.29 is 0 Å². The predicted octanol–water partition coefficient (Wildman–Crippen LogP) is 5.34. The van der Waals surface area contributed by atoms with Crippen LogP contribution < -0.4 is 11.2 Å². The summed E-state index contributed by atoms with van der Waals surface area (Å²) in [6.45, 7) is 0.665. The third kappa shape index (κ3) is 3.97. The normalized spacial score (nSPS) is 11.1. The first-order chi connectivity index (χ1) is 13.9. The van der Waals surface area contributed by atoms with E-state index in [0.717, 1.165) is 11.1 Å². The van der Waals surface area contributed by atoms with Crippen LogP contribution in [0.25, 0.3) is 10.9 Å². The van der Waals surface area contributed by atoms with Crippen molar-refractivity contribution in [1.29, 1.82) is 5.41 Å².